The van der Waals surface area contributed by atoms with Gasteiger partial charge in [0.1, 0.15) is 5.75 Å². The number of anilines is 1. The van der Waals surface area contributed by atoms with E-state index in [2.05, 4.69) is 16.0 Å². The molecule has 0 fully saturated rings. The van der Waals surface area contributed by atoms with Crippen LogP contribution in [0.1, 0.15) is 20.8 Å². The maximum atomic E-state index is 12.3. The number of amides is 2. The number of methoxy groups -OCH3 is 1. The highest BCUT2D eigenvalue weighted by Crippen LogP contribution is 2.29. The van der Waals surface area contributed by atoms with Gasteiger partial charge in [-0.3, -0.25) is 9.59 Å². The lowest BCUT2D eigenvalue weighted by atomic mass is 10.1. The lowest BCUT2D eigenvalue weighted by molar-refractivity contribution is -0.122. The number of hydrogen-bond donors (Lipinski definition) is 3. The Balaban J connectivity index is 1.64. The van der Waals surface area contributed by atoms with Crippen molar-refractivity contribution in [3.63, 3.8) is 0 Å². The quantitative estimate of drug-likeness (QED) is 0.799. The zero-order valence-corrected chi connectivity index (χ0v) is 13.6. The fourth-order valence-corrected chi connectivity index (χ4v) is 3.24. The van der Waals surface area contributed by atoms with Crippen molar-refractivity contribution in [2.24, 2.45) is 0 Å². The highest BCUT2D eigenvalue weighted by Gasteiger charge is 2.30. The molecule has 23 heavy (non-hydrogen) atoms. The maximum absolute atomic E-state index is 12.3. The monoisotopic (exact) mass is 331 g/mol. The van der Waals surface area contributed by atoms with Crippen molar-refractivity contribution >= 4 is 28.8 Å². The first-order valence-electron chi connectivity index (χ1n) is 7.14. The number of rotatable bonds is 4. The molecular weight excluding hydrogens is 314 g/mol. The Bertz CT molecular complexity index is 757. The van der Waals surface area contributed by atoms with Crippen LogP contribution in [0.15, 0.2) is 29.6 Å². The molecule has 3 rings (SSSR count). The number of hydrogen-bond acceptors (Lipinski definition) is 5. The van der Waals surface area contributed by atoms with Crippen molar-refractivity contribution in [1.29, 1.82) is 0 Å². The van der Waals surface area contributed by atoms with Gasteiger partial charge < -0.3 is 20.7 Å². The van der Waals surface area contributed by atoms with Crippen LogP contribution in [0.3, 0.4) is 0 Å². The van der Waals surface area contributed by atoms with Gasteiger partial charge in [-0.25, -0.2) is 0 Å². The van der Waals surface area contributed by atoms with E-state index in [-0.39, 0.29) is 11.8 Å². The van der Waals surface area contributed by atoms with Gasteiger partial charge in [-0.2, -0.15) is 0 Å². The van der Waals surface area contributed by atoms with Crippen LogP contribution in [0.5, 0.6) is 5.75 Å². The SMILES string of the molecule is COc1cccc(CNC(=O)C2NC(=O)c3c(csc3C)N2)c1. The van der Waals surface area contributed by atoms with Gasteiger partial charge in [-0.15, -0.1) is 11.3 Å². The summed E-state index contributed by atoms with van der Waals surface area (Å²) in [5.41, 5.74) is 2.25. The Morgan fingerprint density at radius 3 is 3.00 bits per heavy atom. The van der Waals surface area contributed by atoms with Crippen molar-refractivity contribution in [3.05, 3.63) is 45.6 Å². The van der Waals surface area contributed by atoms with Gasteiger partial charge in [0, 0.05) is 16.8 Å². The van der Waals surface area contributed by atoms with E-state index in [1.807, 2.05) is 36.6 Å². The van der Waals surface area contributed by atoms with Crippen LogP contribution < -0.4 is 20.7 Å². The van der Waals surface area contributed by atoms with Crippen molar-refractivity contribution in [3.8, 4) is 5.75 Å². The lowest BCUT2D eigenvalue weighted by Crippen LogP contribution is -2.53. The number of nitrogens with one attached hydrogen (secondary N) is 3. The van der Waals surface area contributed by atoms with E-state index in [1.165, 1.54) is 11.3 Å². The fourth-order valence-electron chi connectivity index (χ4n) is 2.44. The standard InChI is InChI=1S/C16H17N3O3S/c1-9-13-12(8-23-9)18-14(19-15(13)20)16(21)17-7-10-4-3-5-11(6-10)22-2/h3-6,8,14,18H,7H2,1-2H3,(H,17,21)(H,19,20). The summed E-state index contributed by atoms with van der Waals surface area (Å²) in [5.74, 6) is 0.230. The fraction of sp³-hybridized carbons (Fsp3) is 0.250. The van der Waals surface area contributed by atoms with Crippen LogP contribution in [0.2, 0.25) is 0 Å². The highest BCUT2D eigenvalue weighted by molar-refractivity contribution is 7.10. The molecule has 3 N–H and O–H groups in total. The molecule has 0 saturated carbocycles. The first-order chi connectivity index (χ1) is 11.1. The third-order valence-corrected chi connectivity index (χ3v) is 4.55. The summed E-state index contributed by atoms with van der Waals surface area (Å²) in [6, 6.07) is 7.46. The molecule has 2 amide bonds. The predicted octanol–water partition coefficient (Wildman–Crippen LogP) is 1.86. The number of benzene rings is 1. The summed E-state index contributed by atoms with van der Waals surface area (Å²) in [5, 5.41) is 10.4. The number of aryl methyl sites for hydroxylation is 1. The molecule has 1 atom stereocenters. The summed E-state index contributed by atoms with van der Waals surface area (Å²) in [6.07, 6.45) is -0.769. The third kappa shape index (κ3) is 3.14. The second-order valence-electron chi connectivity index (χ2n) is 5.20. The van der Waals surface area contributed by atoms with Gasteiger partial charge in [0.2, 0.25) is 0 Å². The Labute approximate surface area is 137 Å². The first kappa shape index (κ1) is 15.4. The van der Waals surface area contributed by atoms with Gasteiger partial charge >= 0.3 is 0 Å². The minimum atomic E-state index is -0.769. The number of fused-ring (bicyclic) bond motifs is 1. The molecule has 2 aromatic rings. The summed E-state index contributed by atoms with van der Waals surface area (Å²) < 4.78 is 5.15. The molecule has 2 heterocycles. The molecular formula is C16H17N3O3S. The number of carbonyl (C=O) groups excluding carboxylic acids is 2. The molecule has 0 saturated heterocycles. The van der Waals surface area contributed by atoms with E-state index in [9.17, 15) is 9.59 Å². The largest absolute Gasteiger partial charge is 0.497 e. The van der Waals surface area contributed by atoms with Crippen molar-refractivity contribution in [2.45, 2.75) is 19.6 Å². The topological polar surface area (TPSA) is 79.5 Å². The maximum Gasteiger partial charge on any atom is 0.263 e. The van der Waals surface area contributed by atoms with Crippen LogP contribution in [0, 0.1) is 6.92 Å². The van der Waals surface area contributed by atoms with Crippen LogP contribution >= 0.6 is 11.3 Å². The molecule has 0 bridgehead atoms. The van der Waals surface area contributed by atoms with Gasteiger partial charge in [-0.1, -0.05) is 12.1 Å². The minimum absolute atomic E-state index is 0.223. The lowest BCUT2D eigenvalue weighted by Gasteiger charge is -2.25. The zero-order chi connectivity index (χ0) is 16.4. The summed E-state index contributed by atoms with van der Waals surface area (Å²) in [7, 11) is 1.60. The minimum Gasteiger partial charge on any atom is -0.497 e. The van der Waals surface area contributed by atoms with Gasteiger partial charge in [-0.05, 0) is 24.6 Å². The van der Waals surface area contributed by atoms with E-state index in [4.69, 9.17) is 4.74 Å². The predicted molar refractivity (Wildman–Crippen MR) is 88.8 cm³/mol. The number of thiophene rings is 1. The second-order valence-corrected chi connectivity index (χ2v) is 6.28. The normalized spacial score (nSPS) is 16.1. The molecule has 1 aromatic heterocycles. The zero-order valence-electron chi connectivity index (χ0n) is 12.8. The van der Waals surface area contributed by atoms with E-state index in [1.54, 1.807) is 7.11 Å². The molecule has 120 valence electrons. The Morgan fingerprint density at radius 1 is 1.39 bits per heavy atom. The van der Waals surface area contributed by atoms with Crippen molar-refractivity contribution < 1.29 is 14.3 Å². The van der Waals surface area contributed by atoms with Crippen molar-refractivity contribution in [1.82, 2.24) is 10.6 Å². The Morgan fingerprint density at radius 2 is 2.22 bits per heavy atom. The number of carbonyl (C=O) groups is 2. The van der Waals surface area contributed by atoms with E-state index in [0.717, 1.165) is 16.2 Å². The third-order valence-electron chi connectivity index (χ3n) is 3.64. The average Bonchev–Trinajstić information content (AvgIpc) is 2.94. The molecule has 1 aliphatic rings. The molecule has 0 aliphatic carbocycles. The summed E-state index contributed by atoms with van der Waals surface area (Å²) >= 11 is 1.48. The molecule has 0 spiro atoms. The highest BCUT2D eigenvalue weighted by atomic mass is 32.1. The molecule has 1 aliphatic heterocycles. The molecule has 0 radical (unpaired) electrons. The van der Waals surface area contributed by atoms with E-state index in [0.29, 0.717) is 17.8 Å². The van der Waals surface area contributed by atoms with Gasteiger partial charge in [0.15, 0.2) is 6.17 Å². The average molecular weight is 331 g/mol. The summed E-state index contributed by atoms with van der Waals surface area (Å²) in [6.45, 7) is 2.24. The number of ether oxygens (including phenoxy) is 1. The van der Waals surface area contributed by atoms with E-state index >= 15 is 0 Å². The van der Waals surface area contributed by atoms with Crippen LogP contribution in [0.25, 0.3) is 0 Å². The molecule has 6 nitrogen and oxygen atoms in total. The van der Waals surface area contributed by atoms with E-state index < -0.39 is 6.17 Å². The molecule has 7 heteroatoms. The smallest absolute Gasteiger partial charge is 0.263 e. The second kappa shape index (κ2) is 6.29. The Hall–Kier alpha value is -2.54. The Kier molecular flexibility index (Phi) is 4.20. The molecule has 1 unspecified atom stereocenters. The van der Waals surface area contributed by atoms with Gasteiger partial charge in [0.25, 0.3) is 11.8 Å². The van der Waals surface area contributed by atoms with Crippen LogP contribution in [0.4, 0.5) is 5.69 Å². The first-order valence-corrected chi connectivity index (χ1v) is 8.02. The molecule has 1 aromatic carbocycles. The summed E-state index contributed by atoms with van der Waals surface area (Å²) in [4.78, 5) is 25.3. The van der Waals surface area contributed by atoms with Crippen LogP contribution in [-0.4, -0.2) is 25.1 Å². The van der Waals surface area contributed by atoms with Gasteiger partial charge in [0.05, 0.1) is 18.4 Å². The van der Waals surface area contributed by atoms with Crippen LogP contribution in [-0.2, 0) is 11.3 Å². The van der Waals surface area contributed by atoms with Crippen molar-refractivity contribution in [2.75, 3.05) is 12.4 Å².